The number of anilines is 3. The Morgan fingerprint density at radius 1 is 0.897 bits per heavy atom. The fraction of sp³-hybridized carbons (Fsp3) is 0.308. The Hall–Kier alpha value is -4.62. The normalized spacial score (nSPS) is 13.7. The van der Waals surface area contributed by atoms with Crippen LogP contribution in [0, 0.1) is 0 Å². The van der Waals surface area contributed by atoms with Crippen molar-refractivity contribution >= 4 is 17.8 Å². The molecule has 0 bridgehead atoms. The van der Waals surface area contributed by atoms with Crippen molar-refractivity contribution in [3.63, 3.8) is 0 Å². The van der Waals surface area contributed by atoms with Gasteiger partial charge in [-0.15, -0.1) is 0 Å². The van der Waals surface area contributed by atoms with E-state index in [1.165, 1.54) is 11.8 Å². The standard InChI is InChI=1S/C26H31N9O4/c1-38-21-8-6-19(7-9-21)15-28-24-30-23(31-25(32-24)33-35-17-22(36)29-26(35)37)27-14-18-2-4-20(5-3-18)16-34-10-12-39-13-11-34/h2-9,17,36H,10-16H2,1H3,(H,29,37)(H3,27,28,30,31,32,33). The fourth-order valence-corrected chi connectivity index (χ4v) is 4.04. The molecule has 1 aliphatic rings. The van der Waals surface area contributed by atoms with Crippen LogP contribution in [0.2, 0.25) is 0 Å². The Morgan fingerprint density at radius 3 is 2.03 bits per heavy atom. The number of imidazole rings is 1. The Bertz CT molecular complexity index is 1410. The van der Waals surface area contributed by atoms with Crippen LogP contribution < -0.4 is 26.5 Å². The van der Waals surface area contributed by atoms with E-state index in [0.717, 1.165) is 54.4 Å². The topological polar surface area (TPSA) is 154 Å². The highest BCUT2D eigenvalue weighted by molar-refractivity contribution is 5.43. The Balaban J connectivity index is 1.27. The van der Waals surface area contributed by atoms with Crippen molar-refractivity contribution in [1.29, 1.82) is 0 Å². The van der Waals surface area contributed by atoms with Crippen molar-refractivity contribution in [2.24, 2.45) is 0 Å². The van der Waals surface area contributed by atoms with Gasteiger partial charge in [0, 0.05) is 32.7 Å². The van der Waals surface area contributed by atoms with Crippen LogP contribution in [0.5, 0.6) is 11.6 Å². The molecule has 13 nitrogen and oxygen atoms in total. The molecule has 5 N–H and O–H groups in total. The van der Waals surface area contributed by atoms with Gasteiger partial charge in [-0.1, -0.05) is 36.4 Å². The summed E-state index contributed by atoms with van der Waals surface area (Å²) in [6.45, 7) is 5.30. The number of ether oxygens (including phenoxy) is 2. The molecule has 0 radical (unpaired) electrons. The molecule has 5 rings (SSSR count). The van der Waals surface area contributed by atoms with Gasteiger partial charge in [-0.2, -0.15) is 15.0 Å². The quantitative estimate of drug-likeness (QED) is 0.192. The van der Waals surface area contributed by atoms with E-state index in [0.29, 0.717) is 25.0 Å². The molecule has 0 amide bonds. The second kappa shape index (κ2) is 12.3. The Morgan fingerprint density at radius 2 is 1.46 bits per heavy atom. The van der Waals surface area contributed by atoms with Crippen LogP contribution >= 0.6 is 0 Å². The van der Waals surface area contributed by atoms with Gasteiger partial charge >= 0.3 is 5.69 Å². The van der Waals surface area contributed by atoms with Gasteiger partial charge in [0.1, 0.15) is 5.75 Å². The van der Waals surface area contributed by atoms with Crippen molar-refractivity contribution < 1.29 is 14.6 Å². The smallest absolute Gasteiger partial charge is 0.347 e. The third-order valence-electron chi connectivity index (χ3n) is 6.15. The molecule has 0 atom stereocenters. The lowest BCUT2D eigenvalue weighted by Gasteiger charge is -2.26. The first kappa shape index (κ1) is 26.0. The average molecular weight is 534 g/mol. The van der Waals surface area contributed by atoms with E-state index in [1.807, 2.05) is 24.3 Å². The van der Waals surface area contributed by atoms with E-state index in [-0.39, 0.29) is 11.8 Å². The van der Waals surface area contributed by atoms with E-state index in [2.05, 4.69) is 65.2 Å². The number of nitrogens with one attached hydrogen (secondary N) is 4. The van der Waals surface area contributed by atoms with Crippen LogP contribution in [-0.2, 0) is 24.4 Å². The molecule has 0 saturated carbocycles. The fourth-order valence-electron chi connectivity index (χ4n) is 4.04. The van der Waals surface area contributed by atoms with Crippen LogP contribution in [0.4, 0.5) is 17.8 Å². The van der Waals surface area contributed by atoms with E-state index < -0.39 is 5.69 Å². The van der Waals surface area contributed by atoms with Gasteiger partial charge in [0.15, 0.2) is 0 Å². The number of hydrogen-bond acceptors (Lipinski definition) is 11. The number of morpholine rings is 1. The summed E-state index contributed by atoms with van der Waals surface area (Å²) in [4.78, 5) is 29.9. The monoisotopic (exact) mass is 533 g/mol. The predicted octanol–water partition coefficient (Wildman–Crippen LogP) is 2.01. The van der Waals surface area contributed by atoms with Crippen molar-refractivity contribution in [1.82, 2.24) is 29.5 Å². The minimum atomic E-state index is -0.563. The SMILES string of the molecule is COc1ccc(CNc2nc(NCc3ccc(CN4CCOCC4)cc3)nc(Nn3cc(O)[nH]c3=O)n2)cc1. The number of aromatic amines is 1. The van der Waals surface area contributed by atoms with Gasteiger partial charge in [0.2, 0.25) is 23.7 Å². The van der Waals surface area contributed by atoms with Crippen LogP contribution in [-0.4, -0.2) is 68.0 Å². The lowest BCUT2D eigenvalue weighted by molar-refractivity contribution is 0.0342. The van der Waals surface area contributed by atoms with Gasteiger partial charge in [-0.05, 0) is 28.8 Å². The minimum Gasteiger partial charge on any atom is -0.497 e. The molecule has 39 heavy (non-hydrogen) atoms. The Labute approximate surface area is 224 Å². The molecular weight excluding hydrogens is 502 g/mol. The molecule has 3 heterocycles. The highest BCUT2D eigenvalue weighted by Gasteiger charge is 2.12. The summed E-state index contributed by atoms with van der Waals surface area (Å²) >= 11 is 0. The number of H-pyrrole nitrogens is 1. The molecule has 0 unspecified atom stereocenters. The van der Waals surface area contributed by atoms with Crippen molar-refractivity contribution in [3.8, 4) is 11.6 Å². The lowest BCUT2D eigenvalue weighted by Crippen LogP contribution is -2.35. The molecule has 4 aromatic rings. The van der Waals surface area contributed by atoms with Gasteiger partial charge in [0.05, 0.1) is 26.5 Å². The maximum absolute atomic E-state index is 12.0. The summed E-state index contributed by atoms with van der Waals surface area (Å²) in [5.74, 6) is 1.22. The third kappa shape index (κ3) is 7.24. The van der Waals surface area contributed by atoms with Gasteiger partial charge in [-0.3, -0.25) is 15.3 Å². The van der Waals surface area contributed by atoms with Crippen LogP contribution in [0.1, 0.15) is 16.7 Å². The summed E-state index contributed by atoms with van der Waals surface area (Å²) in [7, 11) is 1.62. The second-order valence-corrected chi connectivity index (χ2v) is 8.99. The lowest BCUT2D eigenvalue weighted by atomic mass is 10.1. The summed E-state index contributed by atoms with van der Waals surface area (Å²) in [5, 5.41) is 16.0. The van der Waals surface area contributed by atoms with E-state index >= 15 is 0 Å². The summed E-state index contributed by atoms with van der Waals surface area (Å²) in [5.41, 5.74) is 5.53. The number of aromatic nitrogens is 5. The molecular formula is C26H31N9O4. The maximum Gasteiger partial charge on any atom is 0.347 e. The number of benzene rings is 2. The molecule has 2 aromatic carbocycles. The molecule has 2 aromatic heterocycles. The molecule has 0 aliphatic carbocycles. The molecule has 1 aliphatic heterocycles. The first-order valence-corrected chi connectivity index (χ1v) is 12.6. The highest BCUT2D eigenvalue weighted by atomic mass is 16.5. The van der Waals surface area contributed by atoms with E-state index in [1.54, 1.807) is 7.11 Å². The number of methoxy groups -OCH3 is 1. The zero-order chi connectivity index (χ0) is 27.0. The third-order valence-corrected chi connectivity index (χ3v) is 6.15. The molecule has 0 spiro atoms. The van der Waals surface area contributed by atoms with Crippen molar-refractivity contribution in [2.45, 2.75) is 19.6 Å². The van der Waals surface area contributed by atoms with Crippen LogP contribution in [0.25, 0.3) is 0 Å². The zero-order valence-electron chi connectivity index (χ0n) is 21.6. The van der Waals surface area contributed by atoms with Crippen molar-refractivity contribution in [3.05, 3.63) is 81.9 Å². The van der Waals surface area contributed by atoms with Gasteiger partial charge < -0.3 is 25.2 Å². The second-order valence-electron chi connectivity index (χ2n) is 8.99. The zero-order valence-corrected chi connectivity index (χ0v) is 21.6. The summed E-state index contributed by atoms with van der Waals surface area (Å²) in [6.07, 6.45) is 1.20. The molecule has 1 saturated heterocycles. The average Bonchev–Trinajstić information content (AvgIpc) is 3.28. The van der Waals surface area contributed by atoms with Crippen molar-refractivity contribution in [2.75, 3.05) is 49.5 Å². The first-order valence-electron chi connectivity index (χ1n) is 12.6. The van der Waals surface area contributed by atoms with E-state index in [9.17, 15) is 9.90 Å². The van der Waals surface area contributed by atoms with Crippen LogP contribution in [0.15, 0.2) is 59.5 Å². The Kier molecular flexibility index (Phi) is 8.19. The van der Waals surface area contributed by atoms with Gasteiger partial charge in [-0.25, -0.2) is 9.47 Å². The number of nitrogens with zero attached hydrogens (tertiary/aromatic N) is 5. The van der Waals surface area contributed by atoms with E-state index in [4.69, 9.17) is 9.47 Å². The summed E-state index contributed by atoms with van der Waals surface area (Å²) < 4.78 is 11.7. The number of aromatic hydroxyl groups is 1. The maximum atomic E-state index is 12.0. The minimum absolute atomic E-state index is 0.117. The molecule has 13 heteroatoms. The molecule has 204 valence electrons. The highest BCUT2D eigenvalue weighted by Crippen LogP contribution is 2.16. The number of rotatable bonds is 11. The number of hydrogen-bond donors (Lipinski definition) is 5. The first-order chi connectivity index (χ1) is 19.0. The largest absolute Gasteiger partial charge is 0.497 e. The molecule has 1 fully saturated rings. The summed E-state index contributed by atoms with van der Waals surface area (Å²) in [6, 6.07) is 16.0. The van der Waals surface area contributed by atoms with Crippen LogP contribution in [0.3, 0.4) is 0 Å². The van der Waals surface area contributed by atoms with Gasteiger partial charge in [0.25, 0.3) is 0 Å². The predicted molar refractivity (Wildman–Crippen MR) is 146 cm³/mol.